The molecule has 7 aliphatic rings. The first-order valence-electron chi connectivity index (χ1n) is 25.8. The zero-order valence-corrected chi connectivity index (χ0v) is 41.8. The Labute approximate surface area is 419 Å². The molecule has 72 heavy (non-hydrogen) atoms. The minimum Gasteiger partial charge on any atom is -0.468 e. The highest BCUT2D eigenvalue weighted by Crippen LogP contribution is 2.57. The lowest BCUT2D eigenvalue weighted by Crippen LogP contribution is -2.63. The summed E-state index contributed by atoms with van der Waals surface area (Å²) in [5.74, 6) is 0.184. The van der Waals surface area contributed by atoms with Crippen molar-refractivity contribution in [3.05, 3.63) is 106 Å². The predicted octanol–water partition coefficient (Wildman–Crippen LogP) is 8.11. The van der Waals surface area contributed by atoms with Crippen molar-refractivity contribution in [2.24, 2.45) is 11.3 Å². The van der Waals surface area contributed by atoms with E-state index in [-0.39, 0.29) is 34.2 Å². The van der Waals surface area contributed by atoms with E-state index in [4.69, 9.17) is 19.2 Å². The molecule has 4 atom stereocenters. The second-order valence-corrected chi connectivity index (χ2v) is 23.8. The number of aromatic nitrogens is 2. The molecule has 4 aliphatic heterocycles. The highest BCUT2D eigenvalue weighted by molar-refractivity contribution is 7.90. The van der Waals surface area contributed by atoms with Gasteiger partial charge in [-0.3, -0.25) is 19.8 Å². The Balaban J connectivity index is 0.822. The van der Waals surface area contributed by atoms with Crippen LogP contribution in [0.25, 0.3) is 11.0 Å². The first-order valence-corrected chi connectivity index (χ1v) is 27.3. The second kappa shape index (κ2) is 18.0. The molecule has 2 aromatic heterocycles. The van der Waals surface area contributed by atoms with Crippen LogP contribution < -0.4 is 24.6 Å². The van der Waals surface area contributed by atoms with E-state index in [1.807, 2.05) is 37.4 Å². The smallest absolute Gasteiger partial charge is 0.293 e. The number of carbonyl (C=O) groups excluding carboxylic acids is 1. The predicted molar refractivity (Wildman–Crippen MR) is 273 cm³/mol. The van der Waals surface area contributed by atoms with Crippen molar-refractivity contribution in [2.45, 2.75) is 118 Å². The highest BCUT2D eigenvalue weighted by atomic mass is 32.2. The average molecular weight is 1000 g/mol. The van der Waals surface area contributed by atoms with Crippen LogP contribution in [-0.2, 0) is 25.0 Å². The van der Waals surface area contributed by atoms with Crippen LogP contribution in [0.3, 0.4) is 0 Å². The summed E-state index contributed by atoms with van der Waals surface area (Å²) in [4.78, 5) is 41.4. The number of H-pyrrole nitrogens is 1. The van der Waals surface area contributed by atoms with Gasteiger partial charge < -0.3 is 39.4 Å². The Morgan fingerprint density at radius 1 is 0.944 bits per heavy atom. The summed E-state index contributed by atoms with van der Waals surface area (Å²) in [6.07, 6.45) is 10.2. The van der Waals surface area contributed by atoms with Gasteiger partial charge in [0.25, 0.3) is 21.6 Å². The van der Waals surface area contributed by atoms with Gasteiger partial charge in [0.2, 0.25) is 5.88 Å². The maximum absolute atomic E-state index is 14.7. The van der Waals surface area contributed by atoms with Crippen molar-refractivity contribution in [2.75, 3.05) is 67.7 Å². The van der Waals surface area contributed by atoms with E-state index in [0.29, 0.717) is 73.9 Å². The summed E-state index contributed by atoms with van der Waals surface area (Å²) in [6.45, 7) is 9.48. The number of piperidine rings is 1. The molecule has 0 unspecified atom stereocenters. The number of nitro benzene ring substituents is 1. The maximum Gasteiger partial charge on any atom is 0.293 e. The van der Waals surface area contributed by atoms with Crippen LogP contribution in [0.4, 0.5) is 28.4 Å². The molecule has 18 heteroatoms. The lowest BCUT2D eigenvalue weighted by molar-refractivity contribution is -0.384. The van der Waals surface area contributed by atoms with Crippen molar-refractivity contribution in [1.82, 2.24) is 19.6 Å². The number of pyridine rings is 1. The summed E-state index contributed by atoms with van der Waals surface area (Å²) in [5.41, 5.74) is 4.94. The number of ether oxygens (including phenoxy) is 3. The van der Waals surface area contributed by atoms with E-state index in [9.17, 15) is 28.4 Å². The number of morpholine rings is 1. The van der Waals surface area contributed by atoms with Gasteiger partial charge in [0.15, 0.2) is 0 Å². The van der Waals surface area contributed by atoms with Gasteiger partial charge in [0.1, 0.15) is 23.1 Å². The molecular weight excluding hydrogens is 937 g/mol. The van der Waals surface area contributed by atoms with Gasteiger partial charge in [0.05, 0.1) is 58.1 Å². The van der Waals surface area contributed by atoms with Gasteiger partial charge in [-0.15, -0.1) is 0 Å². The molecular formula is C54H64N8O9S. The summed E-state index contributed by atoms with van der Waals surface area (Å²) in [7, 11) is -4.62. The first-order chi connectivity index (χ1) is 34.7. The fourth-order valence-electron chi connectivity index (χ4n) is 13.6. The second-order valence-electron chi connectivity index (χ2n) is 22.1. The van der Waals surface area contributed by atoms with Gasteiger partial charge in [0, 0.05) is 62.2 Å². The van der Waals surface area contributed by atoms with Crippen LogP contribution in [0.2, 0.25) is 0 Å². The van der Waals surface area contributed by atoms with Crippen molar-refractivity contribution >= 4 is 55.4 Å². The van der Waals surface area contributed by atoms with Crippen LogP contribution >= 0.6 is 0 Å². The largest absolute Gasteiger partial charge is 0.468 e. The monoisotopic (exact) mass is 1000 g/mol. The fraction of sp³-hybridized carbons (Fsp3) is 0.519. The van der Waals surface area contributed by atoms with Crippen LogP contribution in [0.15, 0.2) is 83.9 Å². The molecule has 4 N–H and O–H groups in total. The number of benzene rings is 3. The number of hydrogen-bond acceptors (Lipinski definition) is 14. The van der Waals surface area contributed by atoms with Crippen LogP contribution in [-0.4, -0.2) is 116 Å². The van der Waals surface area contributed by atoms with E-state index in [2.05, 4.69) is 60.9 Å². The zero-order valence-electron chi connectivity index (χ0n) is 41.0. The summed E-state index contributed by atoms with van der Waals surface area (Å²) in [5, 5.41) is 26.8. The summed E-state index contributed by atoms with van der Waals surface area (Å²) >= 11 is 0. The number of sulfonamides is 1. The van der Waals surface area contributed by atoms with Crippen molar-refractivity contribution in [3.63, 3.8) is 0 Å². The van der Waals surface area contributed by atoms with Gasteiger partial charge in [-0.2, -0.15) is 4.98 Å². The number of aromatic amines is 1. The first kappa shape index (κ1) is 47.2. The lowest BCUT2D eigenvalue weighted by Gasteiger charge is -2.60. The maximum atomic E-state index is 14.7. The molecule has 3 aromatic carbocycles. The molecule has 0 bridgehead atoms. The van der Waals surface area contributed by atoms with Gasteiger partial charge in [-0.1, -0.05) is 31.2 Å². The van der Waals surface area contributed by atoms with Crippen LogP contribution in [0.1, 0.15) is 105 Å². The minimum absolute atomic E-state index is 0.0744. The van der Waals surface area contributed by atoms with E-state index < -0.39 is 43.1 Å². The van der Waals surface area contributed by atoms with Crippen molar-refractivity contribution < 1.29 is 37.5 Å². The normalized spacial score (nSPS) is 28.2. The molecule has 6 heterocycles. The van der Waals surface area contributed by atoms with Gasteiger partial charge in [-0.25, -0.2) is 13.1 Å². The number of aliphatic hydroxyl groups is 1. The van der Waals surface area contributed by atoms with Gasteiger partial charge >= 0.3 is 0 Å². The number of nitro groups is 1. The molecule has 5 fully saturated rings. The molecule has 12 rings (SSSR count). The number of amides is 1. The van der Waals surface area contributed by atoms with E-state index in [1.165, 1.54) is 23.3 Å². The Hall–Kier alpha value is -5.79. The molecule has 2 saturated carbocycles. The molecule has 3 saturated heterocycles. The highest BCUT2D eigenvalue weighted by Gasteiger charge is 2.56. The van der Waals surface area contributed by atoms with Crippen molar-refractivity contribution in [3.8, 4) is 5.88 Å². The molecule has 17 nitrogen and oxygen atoms in total. The number of carbonyl (C=O) groups is 1. The number of anilines is 4. The topological polar surface area (TPSA) is 205 Å². The van der Waals surface area contributed by atoms with Crippen molar-refractivity contribution in [1.29, 1.82) is 0 Å². The Bertz CT molecular complexity index is 3030. The molecule has 1 amide bonds. The summed E-state index contributed by atoms with van der Waals surface area (Å²) in [6, 6.07) is 22.3. The Kier molecular flexibility index (Phi) is 11.8. The zero-order chi connectivity index (χ0) is 49.6. The number of rotatable bonds is 10. The molecule has 2 spiro atoms. The summed E-state index contributed by atoms with van der Waals surface area (Å²) < 4.78 is 49.3. The van der Waals surface area contributed by atoms with E-state index in [0.717, 1.165) is 94.9 Å². The number of hydrogen-bond donors (Lipinski definition) is 4. The standard InChI is InChI=1S/C54H64N8O9S/c1-34-28-54(42-6-4-3-5-40(34)42)33-70-24-22-60(54)38-29-53(30-38)17-20-59(21-18-53)37-7-9-41(45(26-37)61-44-14-23-69-32-48(44)71-51-47(61)25-36-13-19-55-49(36)57-51)50(63)58-72(67,68)39-8-10-43(46(27-39)62(65)66)56-31-35-11-15-52(2,64)16-12-35/h3-10,13,19,25-27,34-35,38,44,48,56,64H,11-12,14-18,20-24,28-33H2,1-2H3,(H,55,57)(H,58,63)/t34-,35?,44-,48-,52?,54-/m0/s1. The van der Waals surface area contributed by atoms with Gasteiger partial charge in [-0.05, 0) is 142 Å². The number of fused-ring (bicyclic) bond motifs is 5. The number of nitrogens with one attached hydrogen (secondary N) is 3. The third-order valence-corrected chi connectivity index (χ3v) is 18.9. The van der Waals surface area contributed by atoms with E-state index in [1.54, 1.807) is 6.07 Å². The minimum atomic E-state index is -4.62. The SMILES string of the molecule is C[C@H]1C[C@]2(COCCN2C2CC3(CCN(c4ccc(C(=O)NS(=O)(=O)c5ccc(NCC6CCC(C)(O)CC6)c([N+](=O)[O-])c5)c(N5c6cc7cc[nH]c7nc6O[C@H]6COCC[C@@H]65)c4)CC3)C2)c2ccccc21. The Morgan fingerprint density at radius 2 is 1.75 bits per heavy atom. The van der Waals surface area contributed by atoms with E-state index >= 15 is 0 Å². The third kappa shape index (κ3) is 8.36. The molecule has 0 radical (unpaired) electrons. The number of nitrogens with zero attached hydrogens (tertiary/aromatic N) is 5. The third-order valence-electron chi connectivity index (χ3n) is 17.5. The quantitative estimate of drug-likeness (QED) is 0.0771. The fourth-order valence-corrected chi connectivity index (χ4v) is 14.5. The molecule has 5 aromatic rings. The average Bonchev–Trinajstić information content (AvgIpc) is 3.94. The van der Waals surface area contributed by atoms with Crippen LogP contribution in [0.5, 0.6) is 5.88 Å². The Morgan fingerprint density at radius 3 is 2.56 bits per heavy atom. The molecule has 3 aliphatic carbocycles. The van der Waals surface area contributed by atoms with Crippen LogP contribution in [0, 0.1) is 21.4 Å². The molecule has 380 valence electrons. The lowest BCUT2D eigenvalue weighted by atomic mass is 9.59.